The van der Waals surface area contributed by atoms with Crippen LogP contribution in [0.3, 0.4) is 0 Å². The van der Waals surface area contributed by atoms with Crippen LogP contribution in [0.4, 0.5) is 4.39 Å². The number of methoxy groups -OCH3 is 1. The molecule has 35 heavy (non-hydrogen) atoms. The van der Waals surface area contributed by atoms with Gasteiger partial charge in [-0.15, -0.1) is 0 Å². The van der Waals surface area contributed by atoms with Crippen LogP contribution >= 0.6 is 0 Å². The first-order valence-electron chi connectivity index (χ1n) is 11.9. The fourth-order valence-corrected chi connectivity index (χ4v) is 3.76. The van der Waals surface area contributed by atoms with Gasteiger partial charge in [0.2, 0.25) is 5.88 Å². The third-order valence-electron chi connectivity index (χ3n) is 5.37. The molecule has 2 aromatic carbocycles. The lowest BCUT2D eigenvalue weighted by Gasteiger charge is -2.25. The molecule has 190 valence electrons. The van der Waals surface area contributed by atoms with Crippen molar-refractivity contribution in [3.63, 3.8) is 0 Å². The molecule has 3 rings (SSSR count). The molecule has 0 fully saturated rings. The molecule has 0 amide bonds. The molecular formula is C27H36FN3O4. The van der Waals surface area contributed by atoms with Gasteiger partial charge in [-0.3, -0.25) is 4.90 Å². The molecule has 1 unspecified atom stereocenters. The van der Waals surface area contributed by atoms with Crippen LogP contribution in [0.15, 0.2) is 54.6 Å². The van der Waals surface area contributed by atoms with Gasteiger partial charge in [0.25, 0.3) is 0 Å². The molecule has 0 aliphatic rings. The van der Waals surface area contributed by atoms with Gasteiger partial charge < -0.3 is 19.3 Å². The largest absolute Gasteiger partial charge is 0.439 e. The van der Waals surface area contributed by atoms with E-state index in [0.29, 0.717) is 50.4 Å². The van der Waals surface area contributed by atoms with E-state index >= 15 is 0 Å². The average Bonchev–Trinajstić information content (AvgIpc) is 3.12. The second-order valence-corrected chi connectivity index (χ2v) is 8.99. The molecule has 0 saturated carbocycles. The number of ether oxygens (including phenoxy) is 3. The Bertz CT molecular complexity index is 1040. The van der Waals surface area contributed by atoms with Gasteiger partial charge in [0.15, 0.2) is 0 Å². The maximum atomic E-state index is 13.8. The minimum atomic E-state index is -0.657. The molecule has 1 atom stereocenters. The first-order valence-corrected chi connectivity index (χ1v) is 11.9. The van der Waals surface area contributed by atoms with Gasteiger partial charge in [0.05, 0.1) is 24.9 Å². The van der Waals surface area contributed by atoms with Gasteiger partial charge >= 0.3 is 0 Å². The summed E-state index contributed by atoms with van der Waals surface area (Å²) in [4.78, 5) is 2.09. The Morgan fingerprint density at radius 1 is 1.09 bits per heavy atom. The lowest BCUT2D eigenvalue weighted by molar-refractivity contribution is 0.00329. The van der Waals surface area contributed by atoms with E-state index in [1.807, 2.05) is 30.3 Å². The van der Waals surface area contributed by atoms with Crippen molar-refractivity contribution >= 4 is 0 Å². The number of aliphatic hydroxyl groups is 1. The van der Waals surface area contributed by atoms with Crippen molar-refractivity contribution in [1.29, 1.82) is 0 Å². The summed E-state index contributed by atoms with van der Waals surface area (Å²) in [5.41, 5.74) is 2.56. The van der Waals surface area contributed by atoms with Crippen molar-refractivity contribution in [1.82, 2.24) is 14.7 Å². The molecule has 1 aromatic heterocycles. The molecule has 0 aliphatic heterocycles. The highest BCUT2D eigenvalue weighted by atomic mass is 19.1. The van der Waals surface area contributed by atoms with Gasteiger partial charge in [0.1, 0.15) is 17.3 Å². The third kappa shape index (κ3) is 8.14. The van der Waals surface area contributed by atoms with Crippen molar-refractivity contribution < 1.29 is 23.7 Å². The maximum Gasteiger partial charge on any atom is 0.222 e. The summed E-state index contributed by atoms with van der Waals surface area (Å²) in [5.74, 6) is 0.931. The molecule has 0 radical (unpaired) electrons. The number of hydrogen-bond donors (Lipinski definition) is 1. The lowest BCUT2D eigenvalue weighted by Crippen LogP contribution is -2.37. The molecule has 3 aromatic rings. The number of aromatic nitrogens is 2. The molecule has 0 bridgehead atoms. The van der Waals surface area contributed by atoms with E-state index in [4.69, 9.17) is 19.3 Å². The van der Waals surface area contributed by atoms with E-state index in [1.54, 1.807) is 31.0 Å². The Labute approximate surface area is 207 Å². The molecule has 0 spiro atoms. The maximum absolute atomic E-state index is 13.8. The van der Waals surface area contributed by atoms with Crippen LogP contribution in [0.25, 0.3) is 11.3 Å². The van der Waals surface area contributed by atoms with Crippen LogP contribution in [0, 0.1) is 11.7 Å². The number of aliphatic hydroxyl groups excluding tert-OH is 1. The molecule has 7 nitrogen and oxygen atoms in total. The van der Waals surface area contributed by atoms with Crippen molar-refractivity contribution in [2.45, 2.75) is 26.5 Å². The number of aryl methyl sites for hydroxylation is 1. The minimum Gasteiger partial charge on any atom is -0.439 e. The molecule has 0 aliphatic carbocycles. The van der Waals surface area contributed by atoms with Crippen LogP contribution in [0.5, 0.6) is 11.6 Å². The number of halogens is 1. The topological polar surface area (TPSA) is 69.0 Å². The summed E-state index contributed by atoms with van der Waals surface area (Å²) in [5, 5.41) is 15.4. The zero-order valence-electron chi connectivity index (χ0n) is 21.0. The molecule has 1 N–H and O–H groups in total. The first-order chi connectivity index (χ1) is 16.9. The van der Waals surface area contributed by atoms with Crippen LogP contribution < -0.4 is 4.74 Å². The van der Waals surface area contributed by atoms with Crippen LogP contribution in [0.2, 0.25) is 0 Å². The Kier molecular flexibility index (Phi) is 10.2. The quantitative estimate of drug-likeness (QED) is 0.363. The van der Waals surface area contributed by atoms with Crippen molar-refractivity contribution in [2.75, 3.05) is 40.0 Å². The predicted octanol–water partition coefficient (Wildman–Crippen LogP) is 4.50. The summed E-state index contributed by atoms with van der Waals surface area (Å²) in [7, 11) is 3.46. The Hall–Kier alpha value is -2.78. The second-order valence-electron chi connectivity index (χ2n) is 8.99. The highest BCUT2D eigenvalue weighted by molar-refractivity contribution is 5.65. The van der Waals surface area contributed by atoms with E-state index < -0.39 is 6.10 Å². The van der Waals surface area contributed by atoms with E-state index in [9.17, 15) is 9.50 Å². The first kappa shape index (κ1) is 26.8. The molecule has 8 heteroatoms. The summed E-state index contributed by atoms with van der Waals surface area (Å²) >= 11 is 0. The minimum absolute atomic E-state index is 0.257. The monoisotopic (exact) mass is 485 g/mol. The van der Waals surface area contributed by atoms with Crippen molar-refractivity contribution in [3.05, 3.63) is 66.0 Å². The average molecular weight is 486 g/mol. The van der Waals surface area contributed by atoms with E-state index in [1.165, 1.54) is 12.1 Å². The number of benzene rings is 2. The highest BCUT2D eigenvalue weighted by Gasteiger charge is 2.23. The summed E-state index contributed by atoms with van der Waals surface area (Å²) in [6.45, 7) is 6.95. The zero-order chi connectivity index (χ0) is 25.2. The van der Waals surface area contributed by atoms with Gasteiger partial charge in [-0.1, -0.05) is 50.2 Å². The van der Waals surface area contributed by atoms with Crippen molar-refractivity contribution in [2.24, 2.45) is 13.0 Å². The fraction of sp³-hybridized carbons (Fsp3) is 0.444. The fourth-order valence-electron chi connectivity index (χ4n) is 3.76. The van der Waals surface area contributed by atoms with Gasteiger partial charge in [0, 0.05) is 52.0 Å². The molecular weight excluding hydrogens is 449 g/mol. The number of rotatable bonds is 14. The summed E-state index contributed by atoms with van der Waals surface area (Å²) in [6.07, 6.45) is -0.657. The second kappa shape index (κ2) is 13.3. The molecule has 0 saturated heterocycles. The standard InChI is InChI=1S/C27H36FN3O4/c1-20(2)18-34-19-23(32)16-31(13-14-33-4)17-25-26(21-9-6-5-7-10-21)29-30(3)27(25)35-24-12-8-11-22(28)15-24/h5-12,15,20,23,32H,13-14,16-19H2,1-4H3. The smallest absolute Gasteiger partial charge is 0.222 e. The normalized spacial score (nSPS) is 12.5. The zero-order valence-corrected chi connectivity index (χ0v) is 21.0. The Morgan fingerprint density at radius 3 is 2.54 bits per heavy atom. The van der Waals surface area contributed by atoms with Crippen LogP contribution in [0.1, 0.15) is 19.4 Å². The Morgan fingerprint density at radius 2 is 1.86 bits per heavy atom. The van der Waals surface area contributed by atoms with Crippen LogP contribution in [-0.4, -0.2) is 65.9 Å². The predicted molar refractivity (Wildman–Crippen MR) is 134 cm³/mol. The van der Waals surface area contributed by atoms with E-state index in [-0.39, 0.29) is 12.4 Å². The summed E-state index contributed by atoms with van der Waals surface area (Å²) < 4.78 is 32.6. The van der Waals surface area contributed by atoms with Crippen molar-refractivity contribution in [3.8, 4) is 22.9 Å². The van der Waals surface area contributed by atoms with Gasteiger partial charge in [-0.25, -0.2) is 9.07 Å². The van der Waals surface area contributed by atoms with Gasteiger partial charge in [-0.2, -0.15) is 5.10 Å². The Balaban J connectivity index is 1.90. The third-order valence-corrected chi connectivity index (χ3v) is 5.37. The molecule has 1 heterocycles. The summed E-state index contributed by atoms with van der Waals surface area (Å²) in [6, 6.07) is 15.9. The number of hydrogen-bond acceptors (Lipinski definition) is 6. The van der Waals surface area contributed by atoms with Gasteiger partial charge in [-0.05, 0) is 18.1 Å². The van der Waals surface area contributed by atoms with Crippen LogP contribution in [-0.2, 0) is 23.1 Å². The van der Waals surface area contributed by atoms with E-state index in [0.717, 1.165) is 16.8 Å². The SMILES string of the molecule is COCCN(Cc1c(-c2ccccc2)nn(C)c1Oc1cccc(F)c1)CC(O)COCC(C)C. The van der Waals surface area contributed by atoms with E-state index in [2.05, 4.69) is 18.7 Å². The lowest BCUT2D eigenvalue weighted by atomic mass is 10.1. The number of nitrogens with zero attached hydrogens (tertiary/aromatic N) is 3. The highest BCUT2D eigenvalue weighted by Crippen LogP contribution is 2.34.